The average Bonchev–Trinajstić information content (AvgIpc) is 3.51. The van der Waals surface area contributed by atoms with Crippen LogP contribution in [-0.2, 0) is 19.8 Å². The van der Waals surface area contributed by atoms with E-state index in [1.165, 1.54) is 53.4 Å². The van der Waals surface area contributed by atoms with Crippen LogP contribution >= 0.6 is 0 Å². The normalized spacial score (nSPS) is 18.6. The topological polar surface area (TPSA) is 102 Å². The number of nitrogens with one attached hydrogen (secondary N) is 1. The first-order valence-corrected chi connectivity index (χ1v) is 12.0. The van der Waals surface area contributed by atoms with Crippen LogP contribution in [0.15, 0.2) is 48.5 Å². The Hall–Kier alpha value is -4.07. The predicted molar refractivity (Wildman–Crippen MR) is 128 cm³/mol. The van der Waals surface area contributed by atoms with Crippen LogP contribution < -0.4 is 15.8 Å². The van der Waals surface area contributed by atoms with E-state index in [-0.39, 0.29) is 18.1 Å². The van der Waals surface area contributed by atoms with E-state index in [4.69, 9.17) is 5.73 Å². The molecule has 2 aromatic carbocycles. The van der Waals surface area contributed by atoms with Crippen LogP contribution in [0.3, 0.4) is 0 Å². The van der Waals surface area contributed by atoms with Crippen molar-refractivity contribution >= 4 is 17.7 Å². The van der Waals surface area contributed by atoms with E-state index in [0.29, 0.717) is 43.4 Å². The highest BCUT2D eigenvalue weighted by atomic mass is 19.4. The van der Waals surface area contributed by atoms with E-state index in [0.717, 1.165) is 0 Å². The molecule has 2 aliphatic rings. The molecular weight excluding hydrogens is 506 g/mol. The summed E-state index contributed by atoms with van der Waals surface area (Å²) >= 11 is 0. The summed E-state index contributed by atoms with van der Waals surface area (Å²) in [5.74, 6) is 3.30. The lowest BCUT2D eigenvalue weighted by molar-refractivity contribution is -0.274. The molecule has 0 spiro atoms. The molecule has 2 atom stereocenters. The number of hydrogen-bond donors (Lipinski definition) is 2. The SMILES string of the molecule is NC(=O)CC(C#Cc1ccc(F)cc1)NC(=O)[C@@H]1CCCN1C(=O)C1(c2ccc(OC(F)(F)F)cc2)CC1. The van der Waals surface area contributed by atoms with Gasteiger partial charge in [-0.3, -0.25) is 14.4 Å². The van der Waals surface area contributed by atoms with Gasteiger partial charge in [-0.05, 0) is 67.6 Å². The molecule has 3 N–H and O–H groups in total. The van der Waals surface area contributed by atoms with Gasteiger partial charge < -0.3 is 20.7 Å². The number of carbonyl (C=O) groups is 3. The molecule has 38 heavy (non-hydrogen) atoms. The molecule has 1 aliphatic carbocycles. The lowest BCUT2D eigenvalue weighted by atomic mass is 9.93. The van der Waals surface area contributed by atoms with Gasteiger partial charge in [-0.15, -0.1) is 13.2 Å². The van der Waals surface area contributed by atoms with Crippen molar-refractivity contribution in [3.05, 3.63) is 65.5 Å². The highest BCUT2D eigenvalue weighted by molar-refractivity contribution is 5.96. The maximum atomic E-state index is 13.6. The Bertz CT molecular complexity index is 1260. The molecular formula is C27H25F4N3O4. The fraction of sp³-hybridized carbons (Fsp3) is 0.370. The largest absolute Gasteiger partial charge is 0.573 e. The molecule has 0 radical (unpaired) electrons. The number of amides is 3. The maximum Gasteiger partial charge on any atom is 0.573 e. The summed E-state index contributed by atoms with van der Waals surface area (Å²) in [6.45, 7) is 0.343. The minimum atomic E-state index is -4.82. The van der Waals surface area contributed by atoms with Crippen molar-refractivity contribution in [1.82, 2.24) is 10.2 Å². The van der Waals surface area contributed by atoms with Crippen molar-refractivity contribution in [2.45, 2.75) is 56.0 Å². The Kier molecular flexibility index (Phi) is 7.62. The minimum Gasteiger partial charge on any atom is -0.406 e. The lowest BCUT2D eigenvalue weighted by Gasteiger charge is -2.29. The Labute approximate surface area is 216 Å². The van der Waals surface area contributed by atoms with Crippen molar-refractivity contribution in [2.24, 2.45) is 5.73 Å². The van der Waals surface area contributed by atoms with E-state index < -0.39 is 41.5 Å². The molecule has 7 nitrogen and oxygen atoms in total. The van der Waals surface area contributed by atoms with Crippen molar-refractivity contribution < 1.29 is 36.7 Å². The van der Waals surface area contributed by atoms with Crippen molar-refractivity contribution in [3.63, 3.8) is 0 Å². The third-order valence-electron chi connectivity index (χ3n) is 6.57. The molecule has 0 aromatic heterocycles. The second-order valence-electron chi connectivity index (χ2n) is 9.32. The number of ether oxygens (including phenoxy) is 1. The zero-order valence-electron chi connectivity index (χ0n) is 20.2. The molecule has 1 heterocycles. The van der Waals surface area contributed by atoms with Crippen LogP contribution in [0.5, 0.6) is 5.75 Å². The number of rotatable bonds is 7. The summed E-state index contributed by atoms with van der Waals surface area (Å²) in [7, 11) is 0. The molecule has 1 saturated heterocycles. The molecule has 2 fully saturated rings. The fourth-order valence-electron chi connectivity index (χ4n) is 4.59. The molecule has 200 valence electrons. The van der Waals surface area contributed by atoms with Gasteiger partial charge in [-0.2, -0.15) is 0 Å². The number of likely N-dealkylation sites (tertiary alicyclic amines) is 1. The monoisotopic (exact) mass is 531 g/mol. The number of benzene rings is 2. The number of alkyl halides is 3. The van der Waals surface area contributed by atoms with E-state index in [9.17, 15) is 31.9 Å². The zero-order valence-corrected chi connectivity index (χ0v) is 20.2. The average molecular weight is 532 g/mol. The summed E-state index contributed by atoms with van der Waals surface area (Å²) in [5.41, 5.74) is 5.45. The summed E-state index contributed by atoms with van der Waals surface area (Å²) in [5, 5.41) is 2.69. The fourth-order valence-corrected chi connectivity index (χ4v) is 4.59. The van der Waals surface area contributed by atoms with Gasteiger partial charge in [0, 0.05) is 12.1 Å². The van der Waals surface area contributed by atoms with Crippen LogP contribution in [-0.4, -0.2) is 47.6 Å². The molecule has 11 heteroatoms. The second kappa shape index (κ2) is 10.7. The van der Waals surface area contributed by atoms with Gasteiger partial charge in [0.25, 0.3) is 0 Å². The molecule has 0 bridgehead atoms. The van der Waals surface area contributed by atoms with E-state index in [1.54, 1.807) is 0 Å². The first-order valence-electron chi connectivity index (χ1n) is 12.0. The zero-order chi connectivity index (χ0) is 27.5. The van der Waals surface area contributed by atoms with E-state index in [2.05, 4.69) is 21.9 Å². The quantitative estimate of drug-likeness (QED) is 0.423. The number of hydrogen-bond acceptors (Lipinski definition) is 4. The van der Waals surface area contributed by atoms with E-state index >= 15 is 0 Å². The third kappa shape index (κ3) is 6.43. The van der Waals surface area contributed by atoms with Crippen LogP contribution in [0.4, 0.5) is 17.6 Å². The van der Waals surface area contributed by atoms with Crippen molar-refractivity contribution in [1.29, 1.82) is 0 Å². The van der Waals surface area contributed by atoms with Crippen molar-refractivity contribution in [2.75, 3.05) is 6.54 Å². The third-order valence-corrected chi connectivity index (χ3v) is 6.57. The summed E-state index contributed by atoms with van der Waals surface area (Å²) in [4.78, 5) is 39.8. The highest BCUT2D eigenvalue weighted by Gasteiger charge is 2.55. The summed E-state index contributed by atoms with van der Waals surface area (Å²) in [6.07, 6.45) is -3.08. The van der Waals surface area contributed by atoms with Crippen LogP contribution in [0.1, 0.15) is 43.2 Å². The van der Waals surface area contributed by atoms with Crippen LogP contribution in [0.25, 0.3) is 0 Å². The molecule has 3 amide bonds. The lowest BCUT2D eigenvalue weighted by Crippen LogP contribution is -2.51. The van der Waals surface area contributed by atoms with Gasteiger partial charge in [-0.25, -0.2) is 4.39 Å². The summed E-state index contributed by atoms with van der Waals surface area (Å²) in [6, 6.07) is 8.87. The van der Waals surface area contributed by atoms with Gasteiger partial charge in [0.05, 0.1) is 17.9 Å². The Morgan fingerprint density at radius 2 is 1.76 bits per heavy atom. The Morgan fingerprint density at radius 1 is 1.11 bits per heavy atom. The molecule has 2 aromatic rings. The Balaban J connectivity index is 1.46. The van der Waals surface area contributed by atoms with E-state index in [1.807, 2.05) is 0 Å². The molecule has 1 aliphatic heterocycles. The number of primary amides is 1. The van der Waals surface area contributed by atoms with Crippen molar-refractivity contribution in [3.8, 4) is 17.6 Å². The molecule has 4 rings (SSSR count). The van der Waals surface area contributed by atoms with Gasteiger partial charge >= 0.3 is 6.36 Å². The van der Waals surface area contributed by atoms with Crippen LogP contribution in [0.2, 0.25) is 0 Å². The van der Waals surface area contributed by atoms with Gasteiger partial charge in [0.15, 0.2) is 0 Å². The predicted octanol–water partition coefficient (Wildman–Crippen LogP) is 3.16. The minimum absolute atomic E-state index is 0.253. The van der Waals surface area contributed by atoms with Gasteiger partial charge in [0.2, 0.25) is 17.7 Å². The summed E-state index contributed by atoms with van der Waals surface area (Å²) < 4.78 is 54.5. The van der Waals surface area contributed by atoms with Gasteiger partial charge in [-0.1, -0.05) is 24.0 Å². The number of nitrogens with two attached hydrogens (primary N) is 1. The number of nitrogens with zero attached hydrogens (tertiary/aromatic N) is 1. The highest BCUT2D eigenvalue weighted by Crippen LogP contribution is 2.50. The second-order valence-corrected chi connectivity index (χ2v) is 9.32. The number of carbonyl (C=O) groups excluding carboxylic acids is 3. The van der Waals surface area contributed by atoms with Crippen LogP contribution in [0, 0.1) is 17.7 Å². The smallest absolute Gasteiger partial charge is 0.406 e. The number of halogens is 4. The molecule has 1 saturated carbocycles. The standard InChI is InChI=1S/C27H25F4N3O4/c28-19-8-3-17(4-9-19)5-10-20(16-23(32)35)33-24(36)22-2-1-15-34(22)25(37)26(13-14-26)18-6-11-21(12-7-18)38-27(29,30)31/h3-4,6-9,11-12,20,22H,1-2,13-16H2,(H2,32,35)(H,33,36)/t20?,22-/m0/s1. The van der Waals surface area contributed by atoms with Gasteiger partial charge in [0.1, 0.15) is 17.6 Å². The first kappa shape index (κ1) is 27.0. The Morgan fingerprint density at radius 3 is 2.34 bits per heavy atom. The first-order chi connectivity index (χ1) is 18.0. The molecule has 1 unspecified atom stereocenters. The maximum absolute atomic E-state index is 13.6.